The van der Waals surface area contributed by atoms with Gasteiger partial charge >= 0.3 is 0 Å². The molecule has 1 aromatic carbocycles. The fourth-order valence-electron chi connectivity index (χ4n) is 2.59. The molecule has 2 N–H and O–H groups in total. The molecule has 1 unspecified atom stereocenters. The highest BCUT2D eigenvalue weighted by molar-refractivity contribution is 7.89. The van der Waals surface area contributed by atoms with E-state index in [2.05, 4.69) is 9.62 Å². The van der Waals surface area contributed by atoms with Gasteiger partial charge in [0.1, 0.15) is 5.82 Å². The number of aliphatic hydroxyl groups excluding tert-OH is 1. The lowest BCUT2D eigenvalue weighted by Gasteiger charge is -2.24. The van der Waals surface area contributed by atoms with Gasteiger partial charge in [-0.25, -0.2) is 17.5 Å². The van der Waals surface area contributed by atoms with Crippen molar-refractivity contribution in [3.63, 3.8) is 0 Å². The number of halogens is 1. The summed E-state index contributed by atoms with van der Waals surface area (Å²) in [6, 6.07) is 4.00. The minimum absolute atomic E-state index is 0.0850. The lowest BCUT2D eigenvalue weighted by molar-refractivity contribution is 0.0175. The van der Waals surface area contributed by atoms with E-state index >= 15 is 0 Å². The van der Waals surface area contributed by atoms with Crippen LogP contribution in [-0.2, 0) is 14.8 Å². The van der Waals surface area contributed by atoms with Crippen LogP contribution in [0.3, 0.4) is 0 Å². The van der Waals surface area contributed by atoms with Gasteiger partial charge in [0, 0.05) is 6.54 Å². The van der Waals surface area contributed by atoms with Crippen LogP contribution in [0.15, 0.2) is 29.2 Å². The number of nitrogens with zero attached hydrogens (tertiary/aromatic N) is 1. The van der Waals surface area contributed by atoms with Gasteiger partial charge in [0.25, 0.3) is 0 Å². The summed E-state index contributed by atoms with van der Waals surface area (Å²) in [5.41, 5.74) is 0. The van der Waals surface area contributed by atoms with Gasteiger partial charge in [0.15, 0.2) is 0 Å². The molecule has 0 saturated carbocycles. The Kier molecular flexibility index (Phi) is 6.10. The highest BCUT2D eigenvalue weighted by atomic mass is 32.2. The fraction of sp³-hybridized carbons (Fsp3) is 0.600. The van der Waals surface area contributed by atoms with E-state index in [1.54, 1.807) is 0 Å². The van der Waals surface area contributed by atoms with Crippen molar-refractivity contribution in [2.75, 3.05) is 26.2 Å². The molecule has 1 fully saturated rings. The standard InChI is InChI=1S/C15H23FN2O4S/c1-3-18(4-2)9-14-15(19)13(10-22-14)17-23(20,21)12-7-5-6-11(16)8-12/h5-8,13-15,17,19H,3-4,9-10H2,1-2H3/t13?,14-,15+/m0/s1. The molecule has 1 saturated heterocycles. The number of likely N-dealkylation sites (N-methyl/N-ethyl adjacent to an activating group) is 1. The van der Waals surface area contributed by atoms with Gasteiger partial charge in [-0.2, -0.15) is 0 Å². The summed E-state index contributed by atoms with van der Waals surface area (Å²) in [4.78, 5) is 1.93. The minimum Gasteiger partial charge on any atom is -0.389 e. The Balaban J connectivity index is 2.03. The van der Waals surface area contributed by atoms with Crippen LogP contribution in [0.1, 0.15) is 13.8 Å². The largest absolute Gasteiger partial charge is 0.389 e. The minimum atomic E-state index is -3.91. The summed E-state index contributed by atoms with van der Waals surface area (Å²) in [6.45, 7) is 6.28. The molecule has 3 atom stereocenters. The Hall–Kier alpha value is -1.06. The third-order valence-corrected chi connectivity index (χ3v) is 5.52. The molecule has 0 aromatic heterocycles. The maximum atomic E-state index is 13.2. The number of hydrogen-bond donors (Lipinski definition) is 2. The first-order valence-electron chi connectivity index (χ1n) is 7.67. The van der Waals surface area contributed by atoms with Crippen LogP contribution < -0.4 is 4.72 Å². The highest BCUT2D eigenvalue weighted by Gasteiger charge is 2.38. The maximum Gasteiger partial charge on any atom is 0.241 e. The Morgan fingerprint density at radius 3 is 2.70 bits per heavy atom. The van der Waals surface area contributed by atoms with Crippen molar-refractivity contribution in [3.05, 3.63) is 30.1 Å². The quantitative estimate of drug-likeness (QED) is 0.755. The van der Waals surface area contributed by atoms with Crippen LogP contribution in [0.25, 0.3) is 0 Å². The fourth-order valence-corrected chi connectivity index (χ4v) is 3.85. The van der Waals surface area contributed by atoms with Crippen LogP contribution in [0, 0.1) is 5.82 Å². The van der Waals surface area contributed by atoms with E-state index in [0.29, 0.717) is 6.54 Å². The Labute approximate surface area is 136 Å². The molecule has 1 heterocycles. The number of aliphatic hydroxyl groups is 1. The topological polar surface area (TPSA) is 78.9 Å². The lowest BCUT2D eigenvalue weighted by Crippen LogP contribution is -2.46. The van der Waals surface area contributed by atoms with Crippen LogP contribution in [0.4, 0.5) is 4.39 Å². The predicted octanol–water partition coefficient (Wildman–Crippen LogP) is 0.574. The monoisotopic (exact) mass is 346 g/mol. The zero-order valence-corrected chi connectivity index (χ0v) is 14.1. The van der Waals surface area contributed by atoms with Crippen molar-refractivity contribution < 1.29 is 22.7 Å². The van der Waals surface area contributed by atoms with Gasteiger partial charge in [0.05, 0.1) is 29.8 Å². The van der Waals surface area contributed by atoms with Crippen molar-refractivity contribution in [1.29, 1.82) is 0 Å². The SMILES string of the molecule is CCN(CC)C[C@@H]1OCC(NS(=O)(=O)c2cccc(F)c2)[C@H]1O. The van der Waals surface area contributed by atoms with E-state index in [1.165, 1.54) is 18.2 Å². The number of nitrogens with one attached hydrogen (secondary N) is 1. The smallest absolute Gasteiger partial charge is 0.241 e. The van der Waals surface area contributed by atoms with Gasteiger partial charge in [-0.05, 0) is 31.3 Å². The second-order valence-electron chi connectivity index (χ2n) is 5.53. The molecule has 0 bridgehead atoms. The zero-order chi connectivity index (χ0) is 17.0. The summed E-state index contributed by atoms with van der Waals surface area (Å²) in [6.07, 6.45) is -1.39. The number of sulfonamides is 1. The molecule has 1 aliphatic rings. The molecule has 130 valence electrons. The molecule has 1 aliphatic heterocycles. The van der Waals surface area contributed by atoms with Gasteiger partial charge in [-0.3, -0.25) is 0 Å². The second kappa shape index (κ2) is 7.67. The summed E-state index contributed by atoms with van der Waals surface area (Å²) < 4.78 is 45.7. The van der Waals surface area contributed by atoms with E-state index in [1.807, 2.05) is 13.8 Å². The molecule has 2 rings (SSSR count). The van der Waals surface area contributed by atoms with Gasteiger partial charge in [0.2, 0.25) is 10.0 Å². The Morgan fingerprint density at radius 2 is 2.09 bits per heavy atom. The summed E-state index contributed by atoms with van der Waals surface area (Å²) in [5.74, 6) is -0.629. The summed E-state index contributed by atoms with van der Waals surface area (Å²) in [7, 11) is -3.91. The van der Waals surface area contributed by atoms with E-state index < -0.39 is 34.1 Å². The number of hydrogen-bond acceptors (Lipinski definition) is 5. The van der Waals surface area contributed by atoms with Crippen LogP contribution >= 0.6 is 0 Å². The average Bonchev–Trinajstić information content (AvgIpc) is 2.85. The Morgan fingerprint density at radius 1 is 1.39 bits per heavy atom. The van der Waals surface area contributed by atoms with Crippen LogP contribution in [0.5, 0.6) is 0 Å². The lowest BCUT2D eigenvalue weighted by atomic mass is 10.1. The van der Waals surface area contributed by atoms with Crippen LogP contribution in [-0.4, -0.2) is 62.9 Å². The third kappa shape index (κ3) is 4.48. The first kappa shape index (κ1) is 18.3. The highest BCUT2D eigenvalue weighted by Crippen LogP contribution is 2.19. The van der Waals surface area contributed by atoms with Crippen molar-refractivity contribution in [1.82, 2.24) is 9.62 Å². The molecule has 6 nitrogen and oxygen atoms in total. The molecule has 23 heavy (non-hydrogen) atoms. The summed E-state index contributed by atoms with van der Waals surface area (Å²) >= 11 is 0. The normalized spacial score (nSPS) is 25.2. The average molecular weight is 346 g/mol. The molecule has 0 amide bonds. The molecular weight excluding hydrogens is 323 g/mol. The van der Waals surface area contributed by atoms with Gasteiger partial charge in [-0.1, -0.05) is 19.9 Å². The molecule has 0 radical (unpaired) electrons. The molecular formula is C15H23FN2O4S. The Bertz CT molecular complexity index is 622. The third-order valence-electron chi connectivity index (χ3n) is 4.03. The molecule has 0 aliphatic carbocycles. The first-order valence-corrected chi connectivity index (χ1v) is 9.15. The number of rotatable bonds is 7. The van der Waals surface area contributed by atoms with Gasteiger partial charge in [-0.15, -0.1) is 0 Å². The van der Waals surface area contributed by atoms with E-state index in [-0.39, 0.29) is 11.5 Å². The zero-order valence-electron chi connectivity index (χ0n) is 13.3. The van der Waals surface area contributed by atoms with Crippen molar-refractivity contribution >= 4 is 10.0 Å². The van der Waals surface area contributed by atoms with Crippen LogP contribution in [0.2, 0.25) is 0 Å². The van der Waals surface area contributed by atoms with Crippen molar-refractivity contribution in [3.8, 4) is 0 Å². The maximum absolute atomic E-state index is 13.2. The number of benzene rings is 1. The van der Waals surface area contributed by atoms with Crippen molar-refractivity contribution in [2.24, 2.45) is 0 Å². The molecule has 1 aromatic rings. The molecule has 0 spiro atoms. The second-order valence-corrected chi connectivity index (χ2v) is 7.25. The first-order chi connectivity index (χ1) is 10.9. The predicted molar refractivity (Wildman–Crippen MR) is 84.0 cm³/mol. The van der Waals surface area contributed by atoms with Gasteiger partial charge < -0.3 is 14.7 Å². The van der Waals surface area contributed by atoms with Crippen molar-refractivity contribution in [2.45, 2.75) is 37.0 Å². The van der Waals surface area contributed by atoms with E-state index in [4.69, 9.17) is 4.74 Å². The summed E-state index contributed by atoms with van der Waals surface area (Å²) in [5, 5.41) is 10.3. The van der Waals surface area contributed by atoms with E-state index in [9.17, 15) is 17.9 Å². The van der Waals surface area contributed by atoms with E-state index in [0.717, 1.165) is 19.2 Å². The number of ether oxygens (including phenoxy) is 1. The molecule has 8 heteroatoms.